The molecule has 0 radical (unpaired) electrons. The fraction of sp³-hybridized carbons (Fsp3) is 0.778. The largest absolute Gasteiger partial charge is 0.447 e. The Morgan fingerprint density at radius 3 is 2.43 bits per heavy atom. The quantitative estimate of drug-likeness (QED) is 0.687. The third kappa shape index (κ3) is 7.39. The van der Waals surface area contributed by atoms with E-state index in [2.05, 4.69) is 10.6 Å². The van der Waals surface area contributed by atoms with Crippen molar-refractivity contribution in [2.45, 2.75) is 33.3 Å². The lowest BCUT2D eigenvalue weighted by Crippen LogP contribution is -2.38. The summed E-state index contributed by atoms with van der Waals surface area (Å²) >= 11 is 0. The molecule has 14 heavy (non-hydrogen) atoms. The van der Waals surface area contributed by atoms with Gasteiger partial charge in [-0.05, 0) is 20.3 Å². The molecule has 0 aliphatic rings. The Balaban J connectivity index is 3.51. The van der Waals surface area contributed by atoms with E-state index in [1.54, 1.807) is 13.8 Å². The van der Waals surface area contributed by atoms with Crippen LogP contribution in [0.2, 0.25) is 0 Å². The molecule has 5 heteroatoms. The van der Waals surface area contributed by atoms with E-state index in [-0.39, 0.29) is 18.6 Å². The molecule has 5 nitrogen and oxygen atoms in total. The predicted octanol–water partition coefficient (Wildman–Crippen LogP) is 0.647. The molecule has 0 aromatic heterocycles. The van der Waals surface area contributed by atoms with Crippen LogP contribution in [0.3, 0.4) is 0 Å². The van der Waals surface area contributed by atoms with E-state index in [1.165, 1.54) is 0 Å². The zero-order valence-corrected chi connectivity index (χ0v) is 8.92. The number of carbonyl (C=O) groups is 2. The molecule has 0 aromatic carbocycles. The van der Waals surface area contributed by atoms with Gasteiger partial charge in [-0.1, -0.05) is 6.92 Å². The number of amides is 2. The van der Waals surface area contributed by atoms with Crippen molar-refractivity contribution in [1.82, 2.24) is 10.6 Å². The monoisotopic (exact) mass is 202 g/mol. The van der Waals surface area contributed by atoms with Crippen LogP contribution in [0.1, 0.15) is 27.2 Å². The van der Waals surface area contributed by atoms with E-state index in [4.69, 9.17) is 4.74 Å². The molecular formula is C9H18N2O3. The first-order chi connectivity index (χ1) is 6.56. The van der Waals surface area contributed by atoms with Crippen molar-refractivity contribution in [1.29, 1.82) is 0 Å². The van der Waals surface area contributed by atoms with Gasteiger partial charge in [0.1, 0.15) is 0 Å². The summed E-state index contributed by atoms with van der Waals surface area (Å²) < 4.78 is 4.78. The van der Waals surface area contributed by atoms with Crippen LogP contribution in [-0.4, -0.2) is 31.2 Å². The zero-order chi connectivity index (χ0) is 11.0. The van der Waals surface area contributed by atoms with Crippen LogP contribution < -0.4 is 10.6 Å². The van der Waals surface area contributed by atoms with Crippen LogP contribution in [0.15, 0.2) is 0 Å². The van der Waals surface area contributed by atoms with Gasteiger partial charge in [0.25, 0.3) is 0 Å². The van der Waals surface area contributed by atoms with Crippen molar-refractivity contribution in [2.24, 2.45) is 0 Å². The second-order valence-corrected chi connectivity index (χ2v) is 3.16. The Kier molecular flexibility index (Phi) is 6.53. The summed E-state index contributed by atoms with van der Waals surface area (Å²) in [6.07, 6.45) is 0.141. The van der Waals surface area contributed by atoms with Gasteiger partial charge in [0, 0.05) is 6.54 Å². The van der Waals surface area contributed by atoms with Crippen LogP contribution in [0, 0.1) is 0 Å². The van der Waals surface area contributed by atoms with Crippen molar-refractivity contribution in [3.8, 4) is 0 Å². The highest BCUT2D eigenvalue weighted by Gasteiger charge is 2.06. The van der Waals surface area contributed by atoms with Crippen LogP contribution in [0.25, 0.3) is 0 Å². The summed E-state index contributed by atoms with van der Waals surface area (Å²) in [7, 11) is 0. The van der Waals surface area contributed by atoms with E-state index in [0.717, 1.165) is 6.42 Å². The van der Waals surface area contributed by atoms with Gasteiger partial charge in [0.2, 0.25) is 5.91 Å². The number of hydrogen-bond donors (Lipinski definition) is 2. The minimum atomic E-state index is -0.563. The van der Waals surface area contributed by atoms with Gasteiger partial charge in [-0.3, -0.25) is 4.79 Å². The Bertz CT molecular complexity index is 192. The highest BCUT2D eigenvalue weighted by Crippen LogP contribution is 1.87. The summed E-state index contributed by atoms with van der Waals surface area (Å²) in [5, 5.41) is 4.98. The molecular weight excluding hydrogens is 184 g/mol. The number of rotatable bonds is 5. The molecule has 0 heterocycles. The summed E-state index contributed by atoms with van der Waals surface area (Å²) in [5.74, 6) is -0.201. The van der Waals surface area contributed by atoms with Crippen molar-refractivity contribution in [3.05, 3.63) is 0 Å². The smallest absolute Gasteiger partial charge is 0.407 e. The number of hydrogen-bond acceptors (Lipinski definition) is 3. The molecule has 0 aliphatic carbocycles. The maximum atomic E-state index is 11.0. The lowest BCUT2D eigenvalue weighted by Gasteiger charge is -2.09. The Morgan fingerprint density at radius 2 is 1.93 bits per heavy atom. The average Bonchev–Trinajstić information content (AvgIpc) is 2.10. The summed E-state index contributed by atoms with van der Waals surface area (Å²) in [6.45, 7) is 6.04. The van der Waals surface area contributed by atoms with Gasteiger partial charge < -0.3 is 15.4 Å². The van der Waals surface area contributed by atoms with Crippen LogP contribution in [-0.2, 0) is 9.53 Å². The van der Waals surface area contributed by atoms with Gasteiger partial charge in [0.05, 0.1) is 12.6 Å². The third-order valence-corrected chi connectivity index (χ3v) is 1.31. The van der Waals surface area contributed by atoms with Gasteiger partial charge >= 0.3 is 6.09 Å². The van der Waals surface area contributed by atoms with Crippen molar-refractivity contribution >= 4 is 12.0 Å². The number of alkyl carbamates (subject to hydrolysis) is 1. The third-order valence-electron chi connectivity index (χ3n) is 1.31. The highest BCUT2D eigenvalue weighted by atomic mass is 16.6. The molecule has 0 aromatic rings. The molecule has 0 bridgehead atoms. The Morgan fingerprint density at radius 1 is 1.29 bits per heavy atom. The maximum absolute atomic E-state index is 11.0. The van der Waals surface area contributed by atoms with Gasteiger partial charge in [-0.25, -0.2) is 4.79 Å². The van der Waals surface area contributed by atoms with E-state index in [9.17, 15) is 9.59 Å². The highest BCUT2D eigenvalue weighted by molar-refractivity contribution is 5.82. The Labute approximate surface area is 84.2 Å². The van der Waals surface area contributed by atoms with Gasteiger partial charge in [-0.2, -0.15) is 0 Å². The van der Waals surface area contributed by atoms with Crippen LogP contribution >= 0.6 is 0 Å². The molecule has 0 rings (SSSR count). The molecule has 0 aliphatic heterocycles. The standard InChI is InChI=1S/C9H18N2O3/c1-4-5-10-8(12)6-11-9(13)14-7(2)3/h7H,4-6H2,1-3H3,(H,10,12)(H,11,13). The molecule has 0 saturated carbocycles. The lowest BCUT2D eigenvalue weighted by atomic mass is 10.4. The van der Waals surface area contributed by atoms with E-state index >= 15 is 0 Å². The predicted molar refractivity (Wildman–Crippen MR) is 52.9 cm³/mol. The SMILES string of the molecule is CCCNC(=O)CNC(=O)OC(C)C. The lowest BCUT2D eigenvalue weighted by molar-refractivity contribution is -0.120. The normalized spacial score (nSPS) is 9.71. The molecule has 2 amide bonds. The second-order valence-electron chi connectivity index (χ2n) is 3.16. The van der Waals surface area contributed by atoms with E-state index in [1.807, 2.05) is 6.92 Å². The number of carbonyl (C=O) groups excluding carboxylic acids is 2. The van der Waals surface area contributed by atoms with Crippen molar-refractivity contribution < 1.29 is 14.3 Å². The van der Waals surface area contributed by atoms with Crippen molar-refractivity contribution in [2.75, 3.05) is 13.1 Å². The first-order valence-corrected chi connectivity index (χ1v) is 4.77. The summed E-state index contributed by atoms with van der Waals surface area (Å²) in [6, 6.07) is 0. The molecule has 0 atom stereocenters. The molecule has 0 fully saturated rings. The molecule has 82 valence electrons. The first kappa shape index (κ1) is 12.7. The topological polar surface area (TPSA) is 67.4 Å². The minimum absolute atomic E-state index is 0.0362. The molecule has 0 saturated heterocycles. The van der Waals surface area contributed by atoms with Crippen LogP contribution in [0.4, 0.5) is 4.79 Å². The maximum Gasteiger partial charge on any atom is 0.407 e. The number of ether oxygens (including phenoxy) is 1. The molecule has 0 spiro atoms. The fourth-order valence-corrected chi connectivity index (χ4v) is 0.735. The molecule has 2 N–H and O–H groups in total. The second kappa shape index (κ2) is 7.17. The zero-order valence-electron chi connectivity index (χ0n) is 8.92. The number of nitrogens with one attached hydrogen (secondary N) is 2. The van der Waals surface area contributed by atoms with E-state index in [0.29, 0.717) is 6.54 Å². The minimum Gasteiger partial charge on any atom is -0.447 e. The summed E-state index contributed by atoms with van der Waals surface area (Å²) in [5.41, 5.74) is 0. The Hall–Kier alpha value is -1.26. The first-order valence-electron chi connectivity index (χ1n) is 4.77. The molecule has 0 unspecified atom stereocenters. The van der Waals surface area contributed by atoms with Gasteiger partial charge in [-0.15, -0.1) is 0 Å². The summed E-state index contributed by atoms with van der Waals surface area (Å²) in [4.78, 5) is 21.9. The van der Waals surface area contributed by atoms with Crippen LogP contribution in [0.5, 0.6) is 0 Å². The fourth-order valence-electron chi connectivity index (χ4n) is 0.735. The van der Waals surface area contributed by atoms with Gasteiger partial charge in [0.15, 0.2) is 0 Å². The average molecular weight is 202 g/mol. The van der Waals surface area contributed by atoms with Crippen molar-refractivity contribution in [3.63, 3.8) is 0 Å². The van der Waals surface area contributed by atoms with E-state index < -0.39 is 6.09 Å².